The van der Waals surface area contributed by atoms with E-state index in [4.69, 9.17) is 10.5 Å². The number of nitrogens with zero attached hydrogens (tertiary/aromatic N) is 1. The molecule has 0 saturated heterocycles. The molecule has 6 heteroatoms. The Hall–Kier alpha value is -1.30. The molecule has 0 aromatic heterocycles. The van der Waals surface area contributed by atoms with Gasteiger partial charge in [-0.25, -0.2) is 4.79 Å². The molecular weight excluding hydrogens is 260 g/mol. The van der Waals surface area contributed by atoms with Crippen molar-refractivity contribution < 1.29 is 19.1 Å². The van der Waals surface area contributed by atoms with Gasteiger partial charge in [0.2, 0.25) is 0 Å². The zero-order valence-electron chi connectivity index (χ0n) is 12.8. The van der Waals surface area contributed by atoms with Crippen LogP contribution in [-0.2, 0) is 14.3 Å². The average Bonchev–Trinajstić information content (AvgIpc) is 2.34. The summed E-state index contributed by atoms with van der Waals surface area (Å²) < 4.78 is 10.0. The highest BCUT2D eigenvalue weighted by atomic mass is 16.6. The van der Waals surface area contributed by atoms with E-state index in [0.29, 0.717) is 0 Å². The van der Waals surface area contributed by atoms with Crippen molar-refractivity contribution in [2.75, 3.05) is 13.7 Å². The van der Waals surface area contributed by atoms with Crippen LogP contribution in [0.15, 0.2) is 0 Å². The Morgan fingerprint density at radius 1 is 1.20 bits per heavy atom. The maximum absolute atomic E-state index is 12.3. The fourth-order valence-electron chi connectivity index (χ4n) is 2.28. The Kier molecular flexibility index (Phi) is 5.80. The van der Waals surface area contributed by atoms with Crippen molar-refractivity contribution in [3.05, 3.63) is 0 Å². The van der Waals surface area contributed by atoms with E-state index in [9.17, 15) is 9.59 Å². The van der Waals surface area contributed by atoms with Crippen LogP contribution >= 0.6 is 0 Å². The van der Waals surface area contributed by atoms with Crippen LogP contribution in [0.4, 0.5) is 4.79 Å². The minimum atomic E-state index is -0.587. The Morgan fingerprint density at radius 3 is 2.20 bits per heavy atom. The lowest BCUT2D eigenvalue weighted by atomic mass is 9.91. The van der Waals surface area contributed by atoms with Gasteiger partial charge < -0.3 is 15.2 Å². The van der Waals surface area contributed by atoms with Gasteiger partial charge in [-0.3, -0.25) is 9.69 Å². The highest BCUT2D eigenvalue weighted by Crippen LogP contribution is 2.24. The van der Waals surface area contributed by atoms with Crippen molar-refractivity contribution in [2.24, 2.45) is 5.73 Å². The third kappa shape index (κ3) is 5.36. The van der Waals surface area contributed by atoms with E-state index in [2.05, 4.69) is 4.74 Å². The lowest BCUT2D eigenvalue weighted by molar-refractivity contribution is -0.142. The topological polar surface area (TPSA) is 81.9 Å². The maximum atomic E-state index is 12.3. The molecule has 1 fully saturated rings. The molecule has 0 unspecified atom stereocenters. The molecule has 0 aromatic rings. The molecule has 0 spiro atoms. The summed E-state index contributed by atoms with van der Waals surface area (Å²) in [6, 6.07) is 0.175. The van der Waals surface area contributed by atoms with Crippen LogP contribution in [-0.4, -0.2) is 48.3 Å². The molecule has 0 aromatic carbocycles. The van der Waals surface area contributed by atoms with Gasteiger partial charge in [-0.05, 0) is 46.5 Å². The first-order valence-electron chi connectivity index (χ1n) is 7.05. The molecule has 6 nitrogen and oxygen atoms in total. The van der Waals surface area contributed by atoms with E-state index in [-0.39, 0.29) is 18.6 Å². The standard InChI is InChI=1S/C14H26N2O4/c1-14(2,3)20-13(18)16(9-12(17)19-4)11-7-5-10(15)6-8-11/h10-11H,5-9,15H2,1-4H3. The highest BCUT2D eigenvalue weighted by Gasteiger charge is 2.32. The van der Waals surface area contributed by atoms with E-state index in [1.54, 1.807) is 20.8 Å². The number of carbonyl (C=O) groups is 2. The summed E-state index contributed by atoms with van der Waals surface area (Å²) in [5, 5.41) is 0. The molecule has 0 heterocycles. The first-order valence-corrected chi connectivity index (χ1v) is 7.05. The van der Waals surface area contributed by atoms with E-state index in [1.165, 1.54) is 12.0 Å². The SMILES string of the molecule is COC(=O)CN(C(=O)OC(C)(C)C)C1CCC(N)CC1. The molecule has 1 aliphatic rings. The average molecular weight is 286 g/mol. The molecule has 1 saturated carbocycles. The second-order valence-corrected chi connectivity index (χ2v) is 6.25. The van der Waals surface area contributed by atoms with Gasteiger partial charge in [0.1, 0.15) is 12.1 Å². The summed E-state index contributed by atoms with van der Waals surface area (Å²) in [6.07, 6.45) is 2.81. The summed E-state index contributed by atoms with van der Waals surface area (Å²) in [7, 11) is 1.31. The summed E-state index contributed by atoms with van der Waals surface area (Å²) in [5.41, 5.74) is 5.29. The number of hydrogen-bond donors (Lipinski definition) is 1. The zero-order chi connectivity index (χ0) is 15.3. The lowest BCUT2D eigenvalue weighted by Gasteiger charge is -2.36. The van der Waals surface area contributed by atoms with E-state index < -0.39 is 17.7 Å². The summed E-state index contributed by atoms with van der Waals surface area (Å²) in [4.78, 5) is 25.2. The van der Waals surface area contributed by atoms with Gasteiger partial charge in [0.05, 0.1) is 7.11 Å². The normalized spacial score (nSPS) is 23.1. The fourth-order valence-corrected chi connectivity index (χ4v) is 2.28. The second kappa shape index (κ2) is 6.92. The Morgan fingerprint density at radius 2 is 1.75 bits per heavy atom. The van der Waals surface area contributed by atoms with Gasteiger partial charge in [-0.2, -0.15) is 0 Å². The van der Waals surface area contributed by atoms with E-state index >= 15 is 0 Å². The highest BCUT2D eigenvalue weighted by molar-refractivity contribution is 5.78. The number of rotatable bonds is 3. The van der Waals surface area contributed by atoms with Crippen molar-refractivity contribution in [2.45, 2.75) is 64.1 Å². The lowest BCUT2D eigenvalue weighted by Crippen LogP contribution is -2.48. The fraction of sp³-hybridized carbons (Fsp3) is 0.857. The predicted molar refractivity (Wildman–Crippen MR) is 75.2 cm³/mol. The molecule has 0 radical (unpaired) electrons. The van der Waals surface area contributed by atoms with Crippen molar-refractivity contribution in [1.29, 1.82) is 0 Å². The Balaban J connectivity index is 2.74. The molecule has 2 N–H and O–H groups in total. The minimum absolute atomic E-state index is 0.0104. The van der Waals surface area contributed by atoms with Crippen LogP contribution in [0.2, 0.25) is 0 Å². The third-order valence-electron chi connectivity index (χ3n) is 3.34. The number of carbonyl (C=O) groups excluding carboxylic acids is 2. The molecule has 0 bridgehead atoms. The van der Waals surface area contributed by atoms with Crippen LogP contribution in [0.3, 0.4) is 0 Å². The van der Waals surface area contributed by atoms with E-state index in [0.717, 1.165) is 25.7 Å². The van der Waals surface area contributed by atoms with Crippen LogP contribution in [0.5, 0.6) is 0 Å². The number of methoxy groups -OCH3 is 1. The van der Waals surface area contributed by atoms with Gasteiger partial charge in [0.15, 0.2) is 0 Å². The van der Waals surface area contributed by atoms with Crippen LogP contribution in [0.25, 0.3) is 0 Å². The summed E-state index contributed by atoms with van der Waals surface area (Å²) in [5.74, 6) is -0.439. The third-order valence-corrected chi connectivity index (χ3v) is 3.34. The van der Waals surface area contributed by atoms with Crippen molar-refractivity contribution in [3.8, 4) is 0 Å². The van der Waals surface area contributed by atoms with Crippen molar-refractivity contribution in [1.82, 2.24) is 4.90 Å². The van der Waals surface area contributed by atoms with Gasteiger partial charge >= 0.3 is 12.1 Å². The zero-order valence-corrected chi connectivity index (χ0v) is 12.8. The van der Waals surface area contributed by atoms with Gasteiger partial charge in [-0.1, -0.05) is 0 Å². The molecular formula is C14H26N2O4. The maximum Gasteiger partial charge on any atom is 0.411 e. The predicted octanol–water partition coefficient (Wildman–Crippen LogP) is 1.67. The molecule has 1 aliphatic carbocycles. The Labute approximate surface area is 120 Å². The van der Waals surface area contributed by atoms with Gasteiger partial charge in [-0.15, -0.1) is 0 Å². The molecule has 20 heavy (non-hydrogen) atoms. The summed E-state index contributed by atoms with van der Waals surface area (Å²) in [6.45, 7) is 5.33. The Bertz CT molecular complexity index is 344. The molecule has 0 aliphatic heterocycles. The number of esters is 1. The smallest absolute Gasteiger partial charge is 0.411 e. The second-order valence-electron chi connectivity index (χ2n) is 6.25. The minimum Gasteiger partial charge on any atom is -0.468 e. The molecule has 1 amide bonds. The molecule has 1 rings (SSSR count). The molecule has 116 valence electrons. The van der Waals surface area contributed by atoms with Crippen LogP contribution in [0, 0.1) is 0 Å². The largest absolute Gasteiger partial charge is 0.468 e. The quantitative estimate of drug-likeness (QED) is 0.798. The summed E-state index contributed by atoms with van der Waals surface area (Å²) >= 11 is 0. The monoisotopic (exact) mass is 286 g/mol. The van der Waals surface area contributed by atoms with Gasteiger partial charge in [0.25, 0.3) is 0 Å². The first-order chi connectivity index (χ1) is 9.23. The molecule has 0 atom stereocenters. The van der Waals surface area contributed by atoms with Crippen LogP contribution < -0.4 is 5.73 Å². The van der Waals surface area contributed by atoms with Crippen LogP contribution in [0.1, 0.15) is 46.5 Å². The van der Waals surface area contributed by atoms with Crippen molar-refractivity contribution in [3.63, 3.8) is 0 Å². The number of ether oxygens (including phenoxy) is 2. The van der Waals surface area contributed by atoms with Gasteiger partial charge in [0, 0.05) is 12.1 Å². The number of amides is 1. The van der Waals surface area contributed by atoms with E-state index in [1.807, 2.05) is 0 Å². The first kappa shape index (κ1) is 16.8. The number of hydrogen-bond acceptors (Lipinski definition) is 5. The van der Waals surface area contributed by atoms with Crippen molar-refractivity contribution >= 4 is 12.1 Å². The number of nitrogens with two attached hydrogens (primary N) is 1.